The van der Waals surface area contributed by atoms with Crippen LogP contribution in [0.15, 0.2) is 4.99 Å². The van der Waals surface area contributed by atoms with Gasteiger partial charge in [0, 0.05) is 46.8 Å². The normalized spacial score (nSPS) is 24.8. The van der Waals surface area contributed by atoms with E-state index in [4.69, 9.17) is 9.47 Å². The molecule has 8 heteroatoms. The third-order valence-electron chi connectivity index (χ3n) is 4.78. The lowest BCUT2D eigenvalue weighted by Gasteiger charge is -2.35. The third-order valence-corrected chi connectivity index (χ3v) is 4.78. The summed E-state index contributed by atoms with van der Waals surface area (Å²) in [6.45, 7) is 6.91. The van der Waals surface area contributed by atoms with Gasteiger partial charge in [0.25, 0.3) is 0 Å². The van der Waals surface area contributed by atoms with Gasteiger partial charge in [0.15, 0.2) is 5.96 Å². The first-order valence-corrected chi connectivity index (χ1v) is 8.66. The predicted octanol–water partition coefficient (Wildman–Crippen LogP) is 0.0715. The van der Waals surface area contributed by atoms with E-state index in [0.717, 1.165) is 56.6 Å². The number of hydrogen-bond acceptors (Lipinski definition) is 5. The van der Waals surface area contributed by atoms with Crippen LogP contribution in [0.4, 0.5) is 0 Å². The lowest BCUT2D eigenvalue weighted by molar-refractivity contribution is -0.0447. The van der Waals surface area contributed by atoms with E-state index in [-0.39, 0.29) is 6.10 Å². The lowest BCUT2D eigenvalue weighted by Crippen LogP contribution is -2.52. The number of ether oxygens (including phenoxy) is 2. The molecule has 1 aromatic rings. The fourth-order valence-electron chi connectivity index (χ4n) is 3.46. The molecule has 0 spiro atoms. The number of methoxy groups -OCH3 is 1. The van der Waals surface area contributed by atoms with Crippen molar-refractivity contribution >= 4 is 5.96 Å². The number of rotatable bonds is 4. The largest absolute Gasteiger partial charge is 0.382 e. The molecule has 2 unspecified atom stereocenters. The van der Waals surface area contributed by atoms with Crippen LogP contribution in [0.25, 0.3) is 0 Å². The Balaban J connectivity index is 1.52. The first-order chi connectivity index (χ1) is 11.7. The van der Waals surface area contributed by atoms with Crippen LogP contribution in [0.1, 0.15) is 18.1 Å². The van der Waals surface area contributed by atoms with Crippen molar-refractivity contribution in [3.05, 3.63) is 11.6 Å². The number of hydrogen-bond donors (Lipinski definition) is 1. The van der Waals surface area contributed by atoms with Gasteiger partial charge in [-0.2, -0.15) is 0 Å². The van der Waals surface area contributed by atoms with Gasteiger partial charge in [0.1, 0.15) is 11.6 Å². The summed E-state index contributed by atoms with van der Waals surface area (Å²) in [4.78, 5) is 6.70. The number of aryl methyl sites for hydroxylation is 2. The Kier molecular flexibility index (Phi) is 5.68. The Morgan fingerprint density at radius 3 is 3.08 bits per heavy atom. The molecule has 2 aliphatic heterocycles. The van der Waals surface area contributed by atoms with Crippen LogP contribution in [0.2, 0.25) is 0 Å². The quantitative estimate of drug-likeness (QED) is 0.619. The fourth-order valence-corrected chi connectivity index (χ4v) is 3.46. The maximum atomic E-state index is 5.71. The number of nitrogens with zero attached hydrogens (tertiary/aromatic N) is 5. The molecule has 1 N–H and O–H groups in total. The van der Waals surface area contributed by atoms with Crippen molar-refractivity contribution in [3.63, 3.8) is 0 Å². The Hall–Kier alpha value is -1.67. The van der Waals surface area contributed by atoms with Crippen LogP contribution in [0, 0.1) is 12.8 Å². The van der Waals surface area contributed by atoms with Gasteiger partial charge in [-0.25, -0.2) is 0 Å². The highest BCUT2D eigenvalue weighted by atomic mass is 16.5. The number of fused-ring (bicyclic) bond motifs is 1. The first kappa shape index (κ1) is 17.2. The molecule has 0 bridgehead atoms. The summed E-state index contributed by atoms with van der Waals surface area (Å²) in [5, 5.41) is 12.0. The minimum absolute atomic E-state index is 0.110. The zero-order valence-corrected chi connectivity index (χ0v) is 14.9. The SMILES string of the molecule is CN=C(NCC1CCc2nnc(C)n2C1)N1CCOC(COC)C1. The van der Waals surface area contributed by atoms with Crippen molar-refractivity contribution in [2.75, 3.05) is 47.0 Å². The monoisotopic (exact) mass is 336 g/mol. The molecular formula is C16H28N6O2. The molecule has 0 aromatic carbocycles. The zero-order valence-electron chi connectivity index (χ0n) is 14.9. The minimum Gasteiger partial charge on any atom is -0.382 e. The number of guanidine groups is 1. The minimum atomic E-state index is 0.110. The number of aromatic nitrogens is 3. The molecule has 0 amide bonds. The number of aliphatic imine (C=N–C) groups is 1. The van der Waals surface area contributed by atoms with Gasteiger partial charge in [-0.3, -0.25) is 4.99 Å². The first-order valence-electron chi connectivity index (χ1n) is 8.66. The average molecular weight is 336 g/mol. The maximum Gasteiger partial charge on any atom is 0.193 e. The van der Waals surface area contributed by atoms with Gasteiger partial charge in [-0.05, 0) is 19.3 Å². The molecule has 1 saturated heterocycles. The summed E-state index contributed by atoms with van der Waals surface area (Å²) >= 11 is 0. The predicted molar refractivity (Wildman–Crippen MR) is 91.1 cm³/mol. The smallest absolute Gasteiger partial charge is 0.193 e. The zero-order chi connectivity index (χ0) is 16.9. The second-order valence-corrected chi connectivity index (χ2v) is 6.50. The van der Waals surface area contributed by atoms with Crippen molar-refractivity contribution in [3.8, 4) is 0 Å². The standard InChI is InChI=1S/C16H28N6O2/c1-12-19-20-15-5-4-13(9-22(12)15)8-18-16(17-2)21-6-7-24-14(10-21)11-23-3/h13-14H,4-11H2,1-3H3,(H,17,18). The Morgan fingerprint density at radius 1 is 1.42 bits per heavy atom. The third kappa shape index (κ3) is 3.87. The Bertz CT molecular complexity index is 571. The lowest BCUT2D eigenvalue weighted by atomic mass is 9.99. The molecule has 134 valence electrons. The summed E-state index contributed by atoms with van der Waals surface area (Å²) < 4.78 is 13.2. The van der Waals surface area contributed by atoms with Gasteiger partial charge >= 0.3 is 0 Å². The topological polar surface area (TPSA) is 76.8 Å². The molecule has 3 rings (SSSR count). The highest BCUT2D eigenvalue weighted by Crippen LogP contribution is 2.19. The molecule has 1 fully saturated rings. The molecule has 8 nitrogen and oxygen atoms in total. The second-order valence-electron chi connectivity index (χ2n) is 6.50. The summed E-state index contributed by atoms with van der Waals surface area (Å²) in [7, 11) is 3.55. The maximum absolute atomic E-state index is 5.71. The van der Waals surface area contributed by atoms with E-state index in [1.54, 1.807) is 7.11 Å². The van der Waals surface area contributed by atoms with Crippen LogP contribution < -0.4 is 5.32 Å². The summed E-state index contributed by atoms with van der Waals surface area (Å²) in [5.74, 6) is 3.64. The van der Waals surface area contributed by atoms with Crippen LogP contribution in [-0.2, 0) is 22.4 Å². The van der Waals surface area contributed by atoms with Crippen molar-refractivity contribution in [2.24, 2.45) is 10.9 Å². The van der Waals surface area contributed by atoms with E-state index >= 15 is 0 Å². The Labute approximate surface area is 143 Å². The summed E-state index contributed by atoms with van der Waals surface area (Å²) in [6, 6.07) is 0. The molecule has 0 radical (unpaired) electrons. The molecular weight excluding hydrogens is 308 g/mol. The van der Waals surface area contributed by atoms with Gasteiger partial charge < -0.3 is 24.3 Å². The van der Waals surface area contributed by atoms with Crippen molar-refractivity contribution in [1.82, 2.24) is 25.0 Å². The van der Waals surface area contributed by atoms with Crippen LogP contribution in [0.5, 0.6) is 0 Å². The highest BCUT2D eigenvalue weighted by Gasteiger charge is 2.25. The van der Waals surface area contributed by atoms with Gasteiger partial charge in [0.05, 0.1) is 19.3 Å². The molecule has 2 aliphatic rings. The molecule has 24 heavy (non-hydrogen) atoms. The van der Waals surface area contributed by atoms with E-state index < -0.39 is 0 Å². The van der Waals surface area contributed by atoms with E-state index in [9.17, 15) is 0 Å². The Morgan fingerprint density at radius 2 is 2.29 bits per heavy atom. The van der Waals surface area contributed by atoms with E-state index in [1.165, 1.54) is 0 Å². The number of nitrogens with one attached hydrogen (secondary N) is 1. The molecule has 0 saturated carbocycles. The summed E-state index contributed by atoms with van der Waals surface area (Å²) in [6.07, 6.45) is 2.25. The van der Waals surface area contributed by atoms with Gasteiger partial charge in [-0.1, -0.05) is 0 Å². The van der Waals surface area contributed by atoms with Crippen LogP contribution in [0.3, 0.4) is 0 Å². The summed E-state index contributed by atoms with van der Waals surface area (Å²) in [5.41, 5.74) is 0. The van der Waals surface area contributed by atoms with Crippen molar-refractivity contribution in [2.45, 2.75) is 32.4 Å². The van der Waals surface area contributed by atoms with E-state index in [0.29, 0.717) is 19.1 Å². The van der Waals surface area contributed by atoms with Gasteiger partial charge in [0.2, 0.25) is 0 Å². The number of morpholine rings is 1. The van der Waals surface area contributed by atoms with Gasteiger partial charge in [-0.15, -0.1) is 10.2 Å². The van der Waals surface area contributed by atoms with Crippen molar-refractivity contribution < 1.29 is 9.47 Å². The molecule has 3 heterocycles. The van der Waals surface area contributed by atoms with Crippen LogP contribution in [-0.4, -0.2) is 78.7 Å². The molecule has 1 aromatic heterocycles. The second kappa shape index (κ2) is 7.94. The van der Waals surface area contributed by atoms with Crippen molar-refractivity contribution in [1.29, 1.82) is 0 Å². The van der Waals surface area contributed by atoms with E-state index in [2.05, 4.69) is 30.0 Å². The average Bonchev–Trinajstić information content (AvgIpc) is 2.97. The van der Waals surface area contributed by atoms with E-state index in [1.807, 2.05) is 14.0 Å². The highest BCUT2D eigenvalue weighted by molar-refractivity contribution is 5.80. The fraction of sp³-hybridized carbons (Fsp3) is 0.812. The molecule has 2 atom stereocenters. The van der Waals surface area contributed by atoms with Crippen LogP contribution >= 0.6 is 0 Å². The molecule has 0 aliphatic carbocycles.